The van der Waals surface area contributed by atoms with E-state index in [2.05, 4.69) is 5.73 Å². The average Bonchev–Trinajstić information content (AvgIpc) is 3.36. The molecule has 6 fully saturated rings. The Labute approximate surface area is 199 Å². The first-order chi connectivity index (χ1) is 16.2. The van der Waals surface area contributed by atoms with Crippen molar-refractivity contribution in [3.05, 3.63) is 0 Å². The largest absolute Gasteiger partial charge is 0.389 e. The standard InChI is InChI=1S/4C4H9NO2.C4H6O2/c4*5-3-1-7-2-4(3)6;1-3-4(6-3)2-5-1/h4*3-4,6H,1-2,5H2;3-4H,1-2H2/p+1/t4*3-,4-;/m1000./s1. The third kappa shape index (κ3) is 11.0. The normalized spacial score (nSPS) is 43.8. The number of ether oxygens (including phenoxy) is 6. The summed E-state index contributed by atoms with van der Waals surface area (Å²) in [6.45, 7) is 5.47. The first kappa shape index (κ1) is 29.7. The minimum atomic E-state index is -0.431. The smallest absolute Gasteiger partial charge is 0.136 e. The van der Waals surface area contributed by atoms with Crippen molar-refractivity contribution in [1.29, 1.82) is 0 Å². The van der Waals surface area contributed by atoms with E-state index in [-0.39, 0.29) is 30.3 Å². The second-order valence-corrected chi connectivity index (χ2v) is 8.92. The summed E-state index contributed by atoms with van der Waals surface area (Å²) in [5.41, 5.74) is 19.6. The number of epoxide rings is 1. The molecule has 0 radical (unpaired) electrons. The highest BCUT2D eigenvalue weighted by atomic mass is 16.7. The number of rotatable bonds is 0. The Balaban J connectivity index is 0.000000150. The maximum atomic E-state index is 8.81. The molecule has 34 heavy (non-hydrogen) atoms. The molecule has 10 atom stereocenters. The average molecular weight is 500 g/mol. The number of fused-ring (bicyclic) bond motifs is 1. The molecule has 0 aromatic rings. The second kappa shape index (κ2) is 15.5. The lowest BCUT2D eigenvalue weighted by atomic mass is 10.2. The van der Waals surface area contributed by atoms with E-state index in [1.54, 1.807) is 0 Å². The number of quaternary nitrogens is 1. The molecular weight excluding hydrogens is 456 g/mol. The predicted molar refractivity (Wildman–Crippen MR) is 117 cm³/mol. The Morgan fingerprint density at radius 1 is 0.471 bits per heavy atom. The van der Waals surface area contributed by atoms with Crippen molar-refractivity contribution in [3.63, 3.8) is 0 Å². The molecular formula is C20H43N4O10+. The van der Waals surface area contributed by atoms with Crippen molar-refractivity contribution in [3.8, 4) is 0 Å². The SMILES string of the molecule is C1OCC2OC12.N[C@@H]1COC[C@H]1O.N[C@H]1COC[C@@H]1O.N[C@H]1COC[C@@H]1O.[NH3+][C@H]1COC[C@@H]1O. The van der Waals surface area contributed by atoms with E-state index in [4.69, 9.17) is 66.0 Å². The predicted octanol–water partition coefficient (Wildman–Crippen LogP) is -6.11. The summed E-state index contributed by atoms with van der Waals surface area (Å²) in [5, 5.41) is 35.1. The zero-order valence-corrected chi connectivity index (χ0v) is 19.5. The van der Waals surface area contributed by atoms with Crippen molar-refractivity contribution in [2.24, 2.45) is 17.2 Å². The fourth-order valence-electron chi connectivity index (χ4n) is 3.04. The lowest BCUT2D eigenvalue weighted by molar-refractivity contribution is -0.429. The maximum Gasteiger partial charge on any atom is 0.136 e. The van der Waals surface area contributed by atoms with Crippen LogP contribution in [0.5, 0.6) is 0 Å². The molecule has 0 aromatic carbocycles. The number of aliphatic hydroxyl groups excluding tert-OH is 4. The van der Waals surface area contributed by atoms with Crippen molar-refractivity contribution in [2.75, 3.05) is 66.1 Å². The van der Waals surface area contributed by atoms with Gasteiger partial charge in [0.15, 0.2) is 0 Å². The molecule has 6 heterocycles. The van der Waals surface area contributed by atoms with Gasteiger partial charge in [0.05, 0.1) is 95.9 Å². The molecule has 6 aliphatic rings. The van der Waals surface area contributed by atoms with Crippen LogP contribution in [0.25, 0.3) is 0 Å². The van der Waals surface area contributed by atoms with Crippen LogP contribution in [0.3, 0.4) is 0 Å². The molecule has 202 valence electrons. The third-order valence-electron chi connectivity index (χ3n) is 5.70. The van der Waals surface area contributed by atoms with E-state index in [0.717, 1.165) is 13.2 Å². The van der Waals surface area contributed by atoms with Crippen LogP contribution < -0.4 is 22.9 Å². The Morgan fingerprint density at radius 3 is 0.882 bits per heavy atom. The molecule has 6 saturated heterocycles. The highest BCUT2D eigenvalue weighted by Crippen LogP contribution is 2.27. The van der Waals surface area contributed by atoms with Gasteiger partial charge in [-0.25, -0.2) is 0 Å². The van der Waals surface area contributed by atoms with Crippen LogP contribution in [0.4, 0.5) is 0 Å². The van der Waals surface area contributed by atoms with Crippen molar-refractivity contribution >= 4 is 0 Å². The van der Waals surface area contributed by atoms with Gasteiger partial charge >= 0.3 is 0 Å². The summed E-state index contributed by atoms with van der Waals surface area (Å²) in [7, 11) is 0. The van der Waals surface area contributed by atoms with Crippen LogP contribution in [0.2, 0.25) is 0 Å². The van der Waals surface area contributed by atoms with Gasteiger partial charge in [0.25, 0.3) is 0 Å². The number of nitrogens with two attached hydrogens (primary N) is 3. The molecule has 13 N–H and O–H groups in total. The lowest BCUT2D eigenvalue weighted by Gasteiger charge is -2.01. The van der Waals surface area contributed by atoms with Gasteiger partial charge in [0.2, 0.25) is 0 Å². The van der Waals surface area contributed by atoms with Crippen LogP contribution in [-0.4, -0.2) is 147 Å². The summed E-state index contributed by atoms with van der Waals surface area (Å²) >= 11 is 0. The highest BCUT2D eigenvalue weighted by Gasteiger charge is 2.44. The summed E-state index contributed by atoms with van der Waals surface area (Å²) in [5.74, 6) is 0. The molecule has 0 aromatic heterocycles. The van der Waals surface area contributed by atoms with Crippen molar-refractivity contribution in [2.45, 2.75) is 60.8 Å². The van der Waals surface area contributed by atoms with E-state index in [9.17, 15) is 0 Å². The zero-order valence-electron chi connectivity index (χ0n) is 19.5. The van der Waals surface area contributed by atoms with Gasteiger partial charge in [-0.15, -0.1) is 0 Å². The Kier molecular flexibility index (Phi) is 13.6. The van der Waals surface area contributed by atoms with Gasteiger partial charge in [0.1, 0.15) is 31.0 Å². The van der Waals surface area contributed by atoms with E-state index in [0.29, 0.717) is 65.1 Å². The molecule has 0 aliphatic carbocycles. The molecule has 0 spiro atoms. The molecule has 6 rings (SSSR count). The Morgan fingerprint density at radius 2 is 0.794 bits per heavy atom. The molecule has 6 aliphatic heterocycles. The quantitative estimate of drug-likeness (QED) is 0.145. The molecule has 14 heteroatoms. The number of hydrogen-bond acceptors (Lipinski definition) is 13. The summed E-state index contributed by atoms with van der Waals surface area (Å²) < 4.78 is 29.2. The van der Waals surface area contributed by atoms with Gasteiger partial charge in [-0.05, 0) is 0 Å². The van der Waals surface area contributed by atoms with E-state index in [1.807, 2.05) is 0 Å². The van der Waals surface area contributed by atoms with Gasteiger partial charge in [-0.3, -0.25) is 0 Å². The molecule has 0 saturated carbocycles. The molecule has 2 unspecified atom stereocenters. The molecule has 0 amide bonds. The van der Waals surface area contributed by atoms with Gasteiger partial charge in [-0.2, -0.15) is 0 Å². The Hall–Kier alpha value is -0.560. The first-order valence-corrected chi connectivity index (χ1v) is 11.5. The summed E-state index contributed by atoms with van der Waals surface area (Å²) in [6, 6.07) is -0.361. The van der Waals surface area contributed by atoms with E-state index >= 15 is 0 Å². The monoisotopic (exact) mass is 499 g/mol. The molecule has 0 bridgehead atoms. The van der Waals surface area contributed by atoms with Crippen LogP contribution in [0, 0.1) is 0 Å². The van der Waals surface area contributed by atoms with Crippen LogP contribution in [-0.2, 0) is 28.4 Å². The Bertz CT molecular complexity index is 441. The fraction of sp³-hybridized carbons (Fsp3) is 1.00. The fourth-order valence-corrected chi connectivity index (χ4v) is 3.04. The number of aliphatic hydroxyl groups is 4. The minimum Gasteiger partial charge on any atom is -0.389 e. The van der Waals surface area contributed by atoms with Crippen molar-refractivity contribution in [1.82, 2.24) is 0 Å². The van der Waals surface area contributed by atoms with E-state index in [1.165, 1.54) is 0 Å². The van der Waals surface area contributed by atoms with Gasteiger partial charge < -0.3 is 71.8 Å². The topological polar surface area (TPSA) is 245 Å². The van der Waals surface area contributed by atoms with E-state index < -0.39 is 18.3 Å². The van der Waals surface area contributed by atoms with Crippen molar-refractivity contribution < 1.29 is 54.6 Å². The lowest BCUT2D eigenvalue weighted by Crippen LogP contribution is -2.66. The van der Waals surface area contributed by atoms with Gasteiger partial charge in [0, 0.05) is 0 Å². The second-order valence-electron chi connectivity index (χ2n) is 8.92. The maximum absolute atomic E-state index is 8.81. The third-order valence-corrected chi connectivity index (χ3v) is 5.70. The minimum absolute atomic E-state index is 0.0972. The molecule has 14 nitrogen and oxygen atoms in total. The first-order valence-electron chi connectivity index (χ1n) is 11.5. The van der Waals surface area contributed by atoms with Crippen LogP contribution >= 0.6 is 0 Å². The van der Waals surface area contributed by atoms with Crippen LogP contribution in [0.1, 0.15) is 0 Å². The summed E-state index contributed by atoms with van der Waals surface area (Å²) in [4.78, 5) is 0. The zero-order chi connectivity index (χ0) is 25.1. The number of hydrogen-bond donors (Lipinski definition) is 8. The highest BCUT2D eigenvalue weighted by molar-refractivity contribution is 4.88. The van der Waals surface area contributed by atoms with Gasteiger partial charge in [-0.1, -0.05) is 0 Å². The van der Waals surface area contributed by atoms with Crippen LogP contribution in [0.15, 0.2) is 0 Å². The summed E-state index contributed by atoms with van der Waals surface area (Å²) in [6.07, 6.45) is -0.630.